The number of rotatable bonds is 6. The van der Waals surface area contributed by atoms with Crippen molar-refractivity contribution in [2.24, 2.45) is 5.73 Å². The minimum absolute atomic E-state index is 0.393. The lowest BCUT2D eigenvalue weighted by Gasteiger charge is -2.13. The van der Waals surface area contributed by atoms with Gasteiger partial charge in [0.1, 0.15) is 0 Å². The Morgan fingerprint density at radius 2 is 2.10 bits per heavy atom. The molecule has 1 unspecified atom stereocenters. The average Bonchev–Trinajstić information content (AvgIpc) is 1.98. The first kappa shape index (κ1) is 9.92. The molecule has 0 spiro atoms. The summed E-state index contributed by atoms with van der Waals surface area (Å²) < 4.78 is 5.50. The molecule has 62 valence electrons. The third-order valence-electron chi connectivity index (χ3n) is 1.50. The van der Waals surface area contributed by atoms with Crippen molar-refractivity contribution < 1.29 is 4.74 Å². The lowest BCUT2D eigenvalue weighted by molar-refractivity contribution is 0.0471. The van der Waals surface area contributed by atoms with E-state index in [0.29, 0.717) is 6.10 Å². The van der Waals surface area contributed by atoms with Gasteiger partial charge in [-0.05, 0) is 25.8 Å². The molecule has 0 aromatic carbocycles. The van der Waals surface area contributed by atoms with Crippen molar-refractivity contribution >= 4 is 0 Å². The first-order valence-electron chi connectivity index (χ1n) is 4.16. The Labute approximate surface area is 63.7 Å². The van der Waals surface area contributed by atoms with Gasteiger partial charge in [0, 0.05) is 6.61 Å². The Morgan fingerprint density at radius 3 is 2.50 bits per heavy atom. The number of hydrogen-bond acceptors (Lipinski definition) is 2. The molecule has 0 aliphatic heterocycles. The van der Waals surface area contributed by atoms with Gasteiger partial charge < -0.3 is 10.5 Å². The molecule has 0 aliphatic carbocycles. The van der Waals surface area contributed by atoms with Crippen LogP contribution >= 0.6 is 0 Å². The number of hydrogen-bond donors (Lipinski definition) is 1. The monoisotopic (exact) mass is 145 g/mol. The zero-order valence-corrected chi connectivity index (χ0v) is 7.10. The van der Waals surface area contributed by atoms with Crippen LogP contribution in [0.15, 0.2) is 0 Å². The van der Waals surface area contributed by atoms with Crippen LogP contribution in [0.4, 0.5) is 0 Å². The fraction of sp³-hybridized carbons (Fsp3) is 1.00. The molecule has 0 aliphatic rings. The van der Waals surface area contributed by atoms with Crippen molar-refractivity contribution in [2.45, 2.75) is 39.2 Å². The molecule has 0 radical (unpaired) electrons. The lowest BCUT2D eigenvalue weighted by Crippen LogP contribution is -2.17. The minimum Gasteiger partial charge on any atom is -0.378 e. The fourth-order valence-electron chi connectivity index (χ4n) is 0.876. The van der Waals surface area contributed by atoms with E-state index in [-0.39, 0.29) is 0 Å². The second kappa shape index (κ2) is 7.03. The second-order valence-corrected chi connectivity index (χ2v) is 2.48. The van der Waals surface area contributed by atoms with E-state index in [1.165, 1.54) is 0 Å². The van der Waals surface area contributed by atoms with Crippen LogP contribution in [0.5, 0.6) is 0 Å². The topological polar surface area (TPSA) is 35.2 Å². The van der Waals surface area contributed by atoms with Crippen molar-refractivity contribution in [3.05, 3.63) is 0 Å². The van der Waals surface area contributed by atoms with Gasteiger partial charge in [0.05, 0.1) is 6.10 Å². The Balaban J connectivity index is 3.21. The van der Waals surface area contributed by atoms with E-state index >= 15 is 0 Å². The Bertz CT molecular complexity index is 66.3. The van der Waals surface area contributed by atoms with Crippen molar-refractivity contribution in [2.75, 3.05) is 13.2 Å². The molecule has 2 N–H and O–H groups in total. The maximum Gasteiger partial charge on any atom is 0.0584 e. The van der Waals surface area contributed by atoms with E-state index in [1.54, 1.807) is 0 Å². The van der Waals surface area contributed by atoms with Crippen LogP contribution < -0.4 is 5.73 Å². The minimum atomic E-state index is 0.393. The van der Waals surface area contributed by atoms with Crippen LogP contribution in [-0.2, 0) is 4.74 Å². The van der Waals surface area contributed by atoms with Crippen LogP contribution in [0.25, 0.3) is 0 Å². The SMILES string of the molecule is CCCOC(CC)CCN. The summed E-state index contributed by atoms with van der Waals surface area (Å²) in [5.74, 6) is 0. The maximum atomic E-state index is 5.50. The maximum absolute atomic E-state index is 5.50. The Kier molecular flexibility index (Phi) is 6.98. The summed E-state index contributed by atoms with van der Waals surface area (Å²) >= 11 is 0. The van der Waals surface area contributed by atoms with E-state index in [2.05, 4.69) is 13.8 Å². The van der Waals surface area contributed by atoms with E-state index in [1.807, 2.05) is 0 Å². The lowest BCUT2D eigenvalue weighted by atomic mass is 10.2. The molecular weight excluding hydrogens is 126 g/mol. The normalized spacial score (nSPS) is 13.5. The summed E-state index contributed by atoms with van der Waals surface area (Å²) in [6, 6.07) is 0. The molecule has 0 rings (SSSR count). The van der Waals surface area contributed by atoms with Crippen LogP contribution in [0.1, 0.15) is 33.1 Å². The number of nitrogens with two attached hydrogens (primary N) is 1. The molecule has 0 bridgehead atoms. The van der Waals surface area contributed by atoms with Gasteiger partial charge in [-0.1, -0.05) is 13.8 Å². The van der Waals surface area contributed by atoms with Crippen LogP contribution in [-0.4, -0.2) is 19.3 Å². The molecular formula is C8H19NO. The van der Waals surface area contributed by atoms with Gasteiger partial charge in [0.2, 0.25) is 0 Å². The van der Waals surface area contributed by atoms with Gasteiger partial charge in [-0.25, -0.2) is 0 Å². The van der Waals surface area contributed by atoms with Crippen molar-refractivity contribution in [3.8, 4) is 0 Å². The van der Waals surface area contributed by atoms with Gasteiger partial charge >= 0.3 is 0 Å². The molecule has 0 aromatic rings. The van der Waals surface area contributed by atoms with Gasteiger partial charge in [-0.3, -0.25) is 0 Å². The molecule has 10 heavy (non-hydrogen) atoms. The summed E-state index contributed by atoms with van der Waals surface area (Å²) in [5.41, 5.74) is 5.40. The molecule has 2 nitrogen and oxygen atoms in total. The van der Waals surface area contributed by atoms with E-state index < -0.39 is 0 Å². The molecule has 0 amide bonds. The van der Waals surface area contributed by atoms with Gasteiger partial charge in [-0.15, -0.1) is 0 Å². The Hall–Kier alpha value is -0.0800. The largest absolute Gasteiger partial charge is 0.378 e. The molecule has 0 saturated carbocycles. The zero-order valence-electron chi connectivity index (χ0n) is 7.10. The highest BCUT2D eigenvalue weighted by Crippen LogP contribution is 2.02. The molecule has 0 aromatic heterocycles. The third-order valence-corrected chi connectivity index (χ3v) is 1.50. The van der Waals surface area contributed by atoms with Crippen LogP contribution in [0, 0.1) is 0 Å². The molecule has 0 saturated heterocycles. The highest BCUT2D eigenvalue weighted by Gasteiger charge is 2.02. The van der Waals surface area contributed by atoms with E-state index in [4.69, 9.17) is 10.5 Å². The summed E-state index contributed by atoms with van der Waals surface area (Å²) in [4.78, 5) is 0. The van der Waals surface area contributed by atoms with Gasteiger partial charge in [0.15, 0.2) is 0 Å². The standard InChI is InChI=1S/C8H19NO/c1-3-7-10-8(4-2)5-6-9/h8H,3-7,9H2,1-2H3. The predicted octanol–water partition coefficient (Wildman–Crippen LogP) is 1.54. The summed E-state index contributed by atoms with van der Waals surface area (Å²) in [6.45, 7) is 5.87. The van der Waals surface area contributed by atoms with Crippen LogP contribution in [0.3, 0.4) is 0 Å². The highest BCUT2D eigenvalue weighted by molar-refractivity contribution is 4.54. The molecule has 0 fully saturated rings. The molecule has 1 atom stereocenters. The van der Waals surface area contributed by atoms with E-state index in [9.17, 15) is 0 Å². The molecule has 0 heterocycles. The van der Waals surface area contributed by atoms with Gasteiger partial charge in [-0.2, -0.15) is 0 Å². The summed E-state index contributed by atoms with van der Waals surface area (Å²) in [6.07, 6.45) is 3.57. The summed E-state index contributed by atoms with van der Waals surface area (Å²) in [7, 11) is 0. The third kappa shape index (κ3) is 4.77. The second-order valence-electron chi connectivity index (χ2n) is 2.48. The average molecular weight is 145 g/mol. The van der Waals surface area contributed by atoms with E-state index in [0.717, 1.165) is 32.4 Å². The zero-order chi connectivity index (χ0) is 7.82. The first-order chi connectivity index (χ1) is 4.85. The predicted molar refractivity (Wildman–Crippen MR) is 44.0 cm³/mol. The van der Waals surface area contributed by atoms with Crippen LogP contribution in [0.2, 0.25) is 0 Å². The van der Waals surface area contributed by atoms with Gasteiger partial charge in [0.25, 0.3) is 0 Å². The van der Waals surface area contributed by atoms with Crippen molar-refractivity contribution in [1.82, 2.24) is 0 Å². The highest BCUT2D eigenvalue weighted by atomic mass is 16.5. The Morgan fingerprint density at radius 1 is 1.40 bits per heavy atom. The number of ether oxygens (including phenoxy) is 1. The first-order valence-corrected chi connectivity index (χ1v) is 4.16. The smallest absolute Gasteiger partial charge is 0.0584 e. The molecule has 2 heteroatoms. The quantitative estimate of drug-likeness (QED) is 0.615. The fourth-order valence-corrected chi connectivity index (χ4v) is 0.876. The van der Waals surface area contributed by atoms with Crippen molar-refractivity contribution in [1.29, 1.82) is 0 Å². The van der Waals surface area contributed by atoms with Crippen molar-refractivity contribution in [3.63, 3.8) is 0 Å². The summed E-state index contributed by atoms with van der Waals surface area (Å²) in [5, 5.41) is 0.